The van der Waals surface area contributed by atoms with Gasteiger partial charge in [0.05, 0.1) is 39.9 Å². The molecule has 0 radical (unpaired) electrons. The van der Waals surface area contributed by atoms with Gasteiger partial charge in [-0.25, -0.2) is 4.57 Å². The first kappa shape index (κ1) is 72.9. The number of aliphatic hydroxyl groups excluding tert-OH is 1. The topological polar surface area (TPSA) is 105 Å². The minimum Gasteiger partial charge on any atom is -0.391 e. The number of hydrogen-bond acceptors (Lipinski definition) is 5. The zero-order valence-electron chi connectivity index (χ0n) is 50.0. The molecule has 0 heterocycles. The molecule has 438 valence electrons. The molecule has 0 fully saturated rings. The predicted octanol–water partition coefficient (Wildman–Crippen LogP) is 19.8. The second-order valence-corrected chi connectivity index (χ2v) is 24.2. The Morgan fingerprint density at radius 2 is 0.800 bits per heavy atom. The number of rotatable bonds is 58. The number of likely N-dealkylation sites (N-methyl/N-ethyl adjacent to an activating group) is 1. The standard InChI is InChI=1S/C66H123N2O6P/c1-6-8-10-12-14-16-18-20-22-24-26-28-30-31-32-33-34-35-36-37-38-40-42-44-46-48-50-52-54-56-58-60-66(70)67-64(63-74-75(71,72)73-62-61-68(3,4)5)65(69)59-57-55-53-51-49-47-45-43-41-39-29-27-25-23-21-19-17-15-13-11-9-7-2/h8,10,14,16,20,22,26,28,31-32,34-35,64-65,69H,6-7,9,11-13,15,17-19,21,23-25,27,29-30,33,36-63H2,1-5H3,(H-,67,70,71,72)/p+1/b10-8-,16-14-,22-20-,28-26-,32-31-,35-34-. The number of unbranched alkanes of at least 4 members (excludes halogenated alkanes) is 33. The molecule has 0 rings (SSSR count). The number of nitrogens with one attached hydrogen (secondary N) is 1. The minimum atomic E-state index is -4.33. The lowest BCUT2D eigenvalue weighted by molar-refractivity contribution is -0.870. The fraction of sp³-hybridized carbons (Fsp3) is 0.803. The highest BCUT2D eigenvalue weighted by atomic mass is 31.2. The van der Waals surface area contributed by atoms with Crippen LogP contribution < -0.4 is 5.32 Å². The third-order valence-electron chi connectivity index (χ3n) is 14.2. The Morgan fingerprint density at radius 3 is 1.17 bits per heavy atom. The molecule has 0 aliphatic heterocycles. The van der Waals surface area contributed by atoms with Gasteiger partial charge in [-0.3, -0.25) is 13.8 Å². The smallest absolute Gasteiger partial charge is 0.391 e. The summed E-state index contributed by atoms with van der Waals surface area (Å²) in [5, 5.41) is 14.1. The normalized spacial score (nSPS) is 14.3. The lowest BCUT2D eigenvalue weighted by atomic mass is 10.0. The maximum absolute atomic E-state index is 13.0. The first-order valence-electron chi connectivity index (χ1n) is 31.8. The maximum atomic E-state index is 13.0. The Hall–Kier alpha value is -2.06. The fourth-order valence-electron chi connectivity index (χ4n) is 9.29. The second kappa shape index (κ2) is 56.7. The van der Waals surface area contributed by atoms with E-state index in [9.17, 15) is 19.4 Å². The Labute approximate surface area is 465 Å². The number of hydrogen-bond donors (Lipinski definition) is 3. The molecule has 0 saturated heterocycles. The zero-order chi connectivity index (χ0) is 54.9. The van der Waals surface area contributed by atoms with Crippen LogP contribution in [0.25, 0.3) is 0 Å². The molecular weight excluding hydrogens is 948 g/mol. The average molecular weight is 1070 g/mol. The average Bonchev–Trinajstić information content (AvgIpc) is 3.37. The van der Waals surface area contributed by atoms with Gasteiger partial charge in [-0.15, -0.1) is 0 Å². The molecule has 0 aromatic rings. The number of phosphoric acid groups is 1. The van der Waals surface area contributed by atoms with Crippen molar-refractivity contribution in [3.05, 3.63) is 72.9 Å². The molecule has 75 heavy (non-hydrogen) atoms. The highest BCUT2D eigenvalue weighted by molar-refractivity contribution is 7.47. The minimum absolute atomic E-state index is 0.0726. The molecule has 3 unspecified atom stereocenters. The number of aliphatic hydroxyl groups is 1. The van der Waals surface area contributed by atoms with Gasteiger partial charge in [0.15, 0.2) is 0 Å². The molecule has 0 spiro atoms. The predicted molar refractivity (Wildman–Crippen MR) is 327 cm³/mol. The van der Waals surface area contributed by atoms with Gasteiger partial charge < -0.3 is 19.8 Å². The summed E-state index contributed by atoms with van der Waals surface area (Å²) in [6.07, 6.45) is 78.3. The van der Waals surface area contributed by atoms with E-state index in [2.05, 4.69) is 92.1 Å². The maximum Gasteiger partial charge on any atom is 0.472 e. The molecule has 9 heteroatoms. The van der Waals surface area contributed by atoms with Gasteiger partial charge in [-0.05, 0) is 64.2 Å². The summed E-state index contributed by atoms with van der Waals surface area (Å²) in [6.45, 7) is 4.80. The number of amides is 1. The summed E-state index contributed by atoms with van der Waals surface area (Å²) >= 11 is 0. The largest absolute Gasteiger partial charge is 0.472 e. The van der Waals surface area contributed by atoms with Gasteiger partial charge in [0.1, 0.15) is 13.2 Å². The summed E-state index contributed by atoms with van der Waals surface area (Å²) in [7, 11) is 1.62. The van der Waals surface area contributed by atoms with Crippen LogP contribution in [0.3, 0.4) is 0 Å². The van der Waals surface area contributed by atoms with E-state index in [1.54, 1.807) is 0 Å². The number of phosphoric ester groups is 1. The van der Waals surface area contributed by atoms with Gasteiger partial charge >= 0.3 is 7.82 Å². The van der Waals surface area contributed by atoms with Crippen molar-refractivity contribution in [2.75, 3.05) is 40.9 Å². The Balaban J connectivity index is 4.11. The Kier molecular flexibility index (Phi) is 55.1. The van der Waals surface area contributed by atoms with E-state index in [-0.39, 0.29) is 19.1 Å². The van der Waals surface area contributed by atoms with Crippen molar-refractivity contribution < 1.29 is 32.9 Å². The van der Waals surface area contributed by atoms with Crippen molar-refractivity contribution in [2.45, 2.75) is 302 Å². The van der Waals surface area contributed by atoms with Crippen LogP contribution in [0.1, 0.15) is 290 Å². The van der Waals surface area contributed by atoms with Gasteiger partial charge in [0.25, 0.3) is 0 Å². The molecule has 3 N–H and O–H groups in total. The van der Waals surface area contributed by atoms with Crippen molar-refractivity contribution in [3.8, 4) is 0 Å². The molecule has 3 atom stereocenters. The molecule has 0 aliphatic rings. The molecule has 0 bridgehead atoms. The fourth-order valence-corrected chi connectivity index (χ4v) is 10.0. The number of allylic oxidation sites excluding steroid dienone is 12. The molecule has 0 aromatic heterocycles. The summed E-state index contributed by atoms with van der Waals surface area (Å²) in [4.78, 5) is 23.4. The van der Waals surface area contributed by atoms with Crippen LogP contribution in [0, 0.1) is 0 Å². The van der Waals surface area contributed by atoms with E-state index in [0.29, 0.717) is 23.9 Å². The van der Waals surface area contributed by atoms with Gasteiger partial charge in [-0.1, -0.05) is 292 Å². The van der Waals surface area contributed by atoms with Crippen LogP contribution in [0.2, 0.25) is 0 Å². The number of carbonyl (C=O) groups excluding carboxylic acids is 1. The SMILES string of the molecule is CC/C=C\C/C=C\C/C=C\C/C=C\C/C=C\C/C=C\CCCCCCCCCCCCCCC(=O)NC(COP(=O)(O)OCC[N+](C)(C)C)C(O)CCCCCCCCCCCCCCCCCCCCCCCC. The first-order chi connectivity index (χ1) is 36.5. The van der Waals surface area contributed by atoms with E-state index in [0.717, 1.165) is 77.0 Å². The van der Waals surface area contributed by atoms with Crippen molar-refractivity contribution in [3.63, 3.8) is 0 Å². The van der Waals surface area contributed by atoms with Crippen LogP contribution in [0.5, 0.6) is 0 Å². The number of carbonyl (C=O) groups is 1. The highest BCUT2D eigenvalue weighted by Gasteiger charge is 2.28. The van der Waals surface area contributed by atoms with Crippen LogP contribution in [-0.2, 0) is 18.4 Å². The Morgan fingerprint density at radius 1 is 0.467 bits per heavy atom. The van der Waals surface area contributed by atoms with Gasteiger partial charge in [-0.2, -0.15) is 0 Å². The molecule has 0 aromatic carbocycles. The second-order valence-electron chi connectivity index (χ2n) is 22.8. The van der Waals surface area contributed by atoms with Crippen molar-refractivity contribution >= 4 is 13.7 Å². The molecule has 0 aliphatic carbocycles. The monoisotopic (exact) mass is 1070 g/mol. The van der Waals surface area contributed by atoms with Crippen molar-refractivity contribution in [1.82, 2.24) is 5.32 Å². The van der Waals surface area contributed by atoms with E-state index >= 15 is 0 Å². The van der Waals surface area contributed by atoms with Crippen molar-refractivity contribution in [2.24, 2.45) is 0 Å². The highest BCUT2D eigenvalue weighted by Crippen LogP contribution is 2.43. The lowest BCUT2D eigenvalue weighted by Gasteiger charge is -2.26. The van der Waals surface area contributed by atoms with Crippen LogP contribution in [0.15, 0.2) is 72.9 Å². The molecule has 0 saturated carbocycles. The molecular formula is C66H124N2O6P+. The van der Waals surface area contributed by atoms with Crippen LogP contribution >= 0.6 is 7.82 Å². The third-order valence-corrected chi connectivity index (χ3v) is 15.2. The van der Waals surface area contributed by atoms with Crippen LogP contribution in [-0.4, -0.2) is 73.4 Å². The quantitative estimate of drug-likeness (QED) is 0.0243. The van der Waals surface area contributed by atoms with Gasteiger partial charge in [0, 0.05) is 6.42 Å². The summed E-state index contributed by atoms with van der Waals surface area (Å²) in [5.41, 5.74) is 0. The summed E-state index contributed by atoms with van der Waals surface area (Å²) < 4.78 is 23.8. The zero-order valence-corrected chi connectivity index (χ0v) is 50.9. The summed E-state index contributed by atoms with van der Waals surface area (Å²) in [5.74, 6) is -0.146. The van der Waals surface area contributed by atoms with E-state index < -0.39 is 20.0 Å². The van der Waals surface area contributed by atoms with E-state index in [1.165, 1.54) is 186 Å². The van der Waals surface area contributed by atoms with Gasteiger partial charge in [0.2, 0.25) is 5.91 Å². The van der Waals surface area contributed by atoms with E-state index in [4.69, 9.17) is 9.05 Å². The Bertz CT molecular complexity index is 1450. The van der Waals surface area contributed by atoms with Crippen molar-refractivity contribution in [1.29, 1.82) is 0 Å². The lowest BCUT2D eigenvalue weighted by Crippen LogP contribution is -2.46. The summed E-state index contributed by atoms with van der Waals surface area (Å²) in [6, 6.07) is -0.766. The number of nitrogens with zero attached hydrogens (tertiary/aromatic N) is 1. The molecule has 8 nitrogen and oxygen atoms in total. The molecule has 1 amide bonds. The number of quaternary nitrogens is 1. The first-order valence-corrected chi connectivity index (χ1v) is 33.3. The van der Waals surface area contributed by atoms with E-state index in [1.807, 2.05) is 21.1 Å². The van der Waals surface area contributed by atoms with Crippen LogP contribution in [0.4, 0.5) is 0 Å². The third kappa shape index (κ3) is 59.4.